The average molecular weight is 699 g/mol. The predicted octanol–water partition coefficient (Wildman–Crippen LogP) is 16.5. The van der Waals surface area contributed by atoms with Gasteiger partial charge in [0, 0.05) is 0 Å². The summed E-state index contributed by atoms with van der Waals surface area (Å²) in [5, 5.41) is 8.98. The molecule has 0 aliphatic rings. The molecular formula is C50H82O. The Bertz CT molecular complexity index is 1260. The normalized spacial score (nSPS) is 14.9. The summed E-state index contributed by atoms with van der Waals surface area (Å²) in [6.07, 6.45) is 44.5. The first-order valence-electron chi connectivity index (χ1n) is 20.5. The number of hydrogen-bond acceptors (Lipinski definition) is 1. The van der Waals surface area contributed by atoms with Crippen molar-refractivity contribution in [3.63, 3.8) is 0 Å². The molecule has 0 radical (unpaired) electrons. The monoisotopic (exact) mass is 699 g/mol. The van der Waals surface area contributed by atoms with Crippen LogP contribution < -0.4 is 0 Å². The van der Waals surface area contributed by atoms with E-state index in [1.807, 2.05) is 6.08 Å². The second-order valence-electron chi connectivity index (χ2n) is 15.8. The second kappa shape index (κ2) is 32.0. The van der Waals surface area contributed by atoms with Gasteiger partial charge in [-0.25, -0.2) is 0 Å². The zero-order valence-electron chi connectivity index (χ0n) is 35.7. The second-order valence-corrected chi connectivity index (χ2v) is 15.8. The summed E-state index contributed by atoms with van der Waals surface area (Å²) < 4.78 is 0. The van der Waals surface area contributed by atoms with Crippen molar-refractivity contribution in [3.8, 4) is 0 Å². The Morgan fingerprint density at radius 3 is 0.569 bits per heavy atom. The number of aliphatic hydroxyl groups is 1. The van der Waals surface area contributed by atoms with Gasteiger partial charge in [-0.15, -0.1) is 0 Å². The minimum Gasteiger partial charge on any atom is -0.392 e. The van der Waals surface area contributed by atoms with Gasteiger partial charge in [-0.2, -0.15) is 0 Å². The zero-order chi connectivity index (χ0) is 38.3. The van der Waals surface area contributed by atoms with E-state index in [-0.39, 0.29) is 6.61 Å². The van der Waals surface area contributed by atoms with Gasteiger partial charge in [0.1, 0.15) is 0 Å². The molecule has 0 aromatic heterocycles. The summed E-state index contributed by atoms with van der Waals surface area (Å²) in [6, 6.07) is 0. The van der Waals surface area contributed by atoms with Crippen LogP contribution in [0.3, 0.4) is 0 Å². The van der Waals surface area contributed by atoms with Crippen molar-refractivity contribution < 1.29 is 5.11 Å². The molecule has 0 aromatic rings. The van der Waals surface area contributed by atoms with E-state index in [2.05, 4.69) is 131 Å². The molecule has 0 spiro atoms. The van der Waals surface area contributed by atoms with E-state index >= 15 is 0 Å². The van der Waals surface area contributed by atoms with Gasteiger partial charge in [0.15, 0.2) is 0 Å². The number of rotatable bonds is 28. The Morgan fingerprint density at radius 1 is 0.255 bits per heavy atom. The quantitative estimate of drug-likeness (QED) is 0.0807. The zero-order valence-corrected chi connectivity index (χ0v) is 35.7. The van der Waals surface area contributed by atoms with Gasteiger partial charge in [-0.05, 0) is 192 Å². The molecule has 0 saturated heterocycles. The maximum absolute atomic E-state index is 8.98. The van der Waals surface area contributed by atoms with Crippen molar-refractivity contribution >= 4 is 0 Å². The molecule has 0 aliphatic carbocycles. The first kappa shape index (κ1) is 48.4. The van der Waals surface area contributed by atoms with E-state index in [0.29, 0.717) is 0 Å². The third kappa shape index (κ3) is 33.0. The average Bonchev–Trinajstić information content (AvgIpc) is 3.04. The summed E-state index contributed by atoms with van der Waals surface area (Å²) in [5.74, 6) is 0. The molecular weight excluding hydrogens is 617 g/mol. The van der Waals surface area contributed by atoms with Crippen LogP contribution in [-0.4, -0.2) is 11.7 Å². The molecule has 0 saturated carbocycles. The number of aliphatic hydroxyl groups excluding tert-OH is 1. The molecule has 0 bridgehead atoms. The van der Waals surface area contributed by atoms with Gasteiger partial charge < -0.3 is 5.11 Å². The highest BCUT2D eigenvalue weighted by Gasteiger charge is 1.98. The molecule has 288 valence electrons. The molecule has 51 heavy (non-hydrogen) atoms. The van der Waals surface area contributed by atoms with E-state index in [4.69, 9.17) is 5.11 Å². The molecule has 0 unspecified atom stereocenters. The van der Waals surface area contributed by atoms with Crippen LogP contribution in [0.1, 0.15) is 192 Å². The van der Waals surface area contributed by atoms with Gasteiger partial charge in [-0.3, -0.25) is 0 Å². The lowest BCUT2D eigenvalue weighted by molar-refractivity contribution is 0.341. The third-order valence-corrected chi connectivity index (χ3v) is 9.78. The molecule has 0 amide bonds. The molecule has 1 nitrogen and oxygen atoms in total. The van der Waals surface area contributed by atoms with E-state index < -0.39 is 0 Å². The van der Waals surface area contributed by atoms with Gasteiger partial charge in [-0.1, -0.05) is 116 Å². The van der Waals surface area contributed by atoms with Crippen LogP contribution in [0.25, 0.3) is 0 Å². The molecule has 0 fully saturated rings. The number of allylic oxidation sites excluding steroid dienone is 19. The van der Waals surface area contributed by atoms with Crippen molar-refractivity contribution in [2.24, 2.45) is 0 Å². The summed E-state index contributed by atoms with van der Waals surface area (Å²) in [5.41, 5.74) is 14.8. The minimum absolute atomic E-state index is 0.150. The van der Waals surface area contributed by atoms with Crippen molar-refractivity contribution in [2.75, 3.05) is 6.61 Å². The van der Waals surface area contributed by atoms with Crippen LogP contribution in [0, 0.1) is 0 Å². The largest absolute Gasteiger partial charge is 0.392 e. The van der Waals surface area contributed by atoms with Crippen LogP contribution >= 0.6 is 0 Å². The molecule has 0 atom stereocenters. The smallest absolute Gasteiger partial charge is 0.0614 e. The summed E-state index contributed by atoms with van der Waals surface area (Å²) in [6.45, 7) is 24.9. The van der Waals surface area contributed by atoms with Crippen molar-refractivity contribution in [3.05, 3.63) is 116 Å². The van der Waals surface area contributed by atoms with Crippen LogP contribution in [0.15, 0.2) is 116 Å². The maximum Gasteiger partial charge on any atom is 0.0614 e. The van der Waals surface area contributed by atoms with Gasteiger partial charge in [0.2, 0.25) is 0 Å². The Labute approximate surface area is 319 Å². The van der Waals surface area contributed by atoms with Crippen molar-refractivity contribution in [1.82, 2.24) is 0 Å². The Morgan fingerprint density at radius 2 is 0.412 bits per heavy atom. The highest BCUT2D eigenvalue weighted by molar-refractivity contribution is 5.11. The Balaban J connectivity index is 4.24. The first-order chi connectivity index (χ1) is 24.3. The Hall–Kier alpha value is -2.64. The van der Waals surface area contributed by atoms with Crippen LogP contribution in [-0.2, 0) is 0 Å². The number of hydrogen-bond donors (Lipinski definition) is 1. The van der Waals surface area contributed by atoms with Crippen molar-refractivity contribution in [1.29, 1.82) is 0 Å². The molecule has 1 N–H and O–H groups in total. The van der Waals surface area contributed by atoms with E-state index in [0.717, 1.165) is 64.2 Å². The third-order valence-electron chi connectivity index (χ3n) is 9.78. The predicted molar refractivity (Wildman–Crippen MR) is 233 cm³/mol. The lowest BCUT2D eigenvalue weighted by atomic mass is 10.0. The molecule has 0 aromatic carbocycles. The lowest BCUT2D eigenvalue weighted by Gasteiger charge is -2.04. The van der Waals surface area contributed by atoms with Gasteiger partial charge in [0.05, 0.1) is 6.61 Å². The summed E-state index contributed by atoms with van der Waals surface area (Å²) >= 11 is 0. The van der Waals surface area contributed by atoms with Gasteiger partial charge >= 0.3 is 0 Å². The van der Waals surface area contributed by atoms with E-state index in [1.54, 1.807) is 0 Å². The van der Waals surface area contributed by atoms with Crippen molar-refractivity contribution in [2.45, 2.75) is 192 Å². The Kier molecular flexibility index (Phi) is 30.4. The fourth-order valence-corrected chi connectivity index (χ4v) is 6.03. The topological polar surface area (TPSA) is 20.2 Å². The van der Waals surface area contributed by atoms with Crippen LogP contribution in [0.5, 0.6) is 0 Å². The standard InChI is InChI=1S/C50H82O/c1-41(2)21-12-22-42(3)23-13-24-43(4)25-14-26-44(5)27-15-28-45(6)29-16-30-46(7)31-17-32-47(8)33-18-34-48(9)35-19-36-49(10)37-20-38-50(11)39-40-51/h21,23,25,27,29,31,33,35,37,39,51H,12-20,22,24,26,28,30,32,34,36,38,40H2,1-11H3/b42-23+,43-25+,44-27+,45-29-,46-31+,47-33+,48-35+,49-37+,50-39+. The highest BCUT2D eigenvalue weighted by Crippen LogP contribution is 2.18. The van der Waals surface area contributed by atoms with Crippen LogP contribution in [0.4, 0.5) is 0 Å². The fourth-order valence-electron chi connectivity index (χ4n) is 6.03. The molecule has 0 heterocycles. The molecule has 1 heteroatoms. The highest BCUT2D eigenvalue weighted by atomic mass is 16.2. The van der Waals surface area contributed by atoms with E-state index in [1.165, 1.54) is 107 Å². The fraction of sp³-hybridized carbons (Fsp3) is 0.600. The lowest BCUT2D eigenvalue weighted by Crippen LogP contribution is -1.84. The first-order valence-corrected chi connectivity index (χ1v) is 20.5. The van der Waals surface area contributed by atoms with Crippen LogP contribution in [0.2, 0.25) is 0 Å². The minimum atomic E-state index is 0.150. The molecule has 0 rings (SSSR count). The maximum atomic E-state index is 8.98. The summed E-state index contributed by atoms with van der Waals surface area (Å²) in [4.78, 5) is 0. The van der Waals surface area contributed by atoms with E-state index in [9.17, 15) is 0 Å². The SMILES string of the molecule is CC(C)=CCC/C(C)=C/CC/C(C)=C/CC/C(C)=C/CC/C(C)=C\CC/C(C)=C/CC/C(C)=C/CC/C(C)=C/CC/C(C)=C/CC/C(C)=C/CO. The summed E-state index contributed by atoms with van der Waals surface area (Å²) in [7, 11) is 0. The molecule has 0 aliphatic heterocycles. The van der Waals surface area contributed by atoms with Gasteiger partial charge in [0.25, 0.3) is 0 Å².